The average Bonchev–Trinajstić information content (AvgIpc) is 2.71. The quantitative estimate of drug-likeness (QED) is 0.803. The first-order chi connectivity index (χ1) is 8.90. The minimum atomic E-state index is -0.512. The van der Waals surface area contributed by atoms with E-state index in [1.165, 1.54) is 4.90 Å². The van der Waals surface area contributed by atoms with E-state index in [-0.39, 0.29) is 6.03 Å². The molecule has 6 heteroatoms. The molecule has 2 N–H and O–H groups in total. The molecule has 108 valence electrons. The van der Waals surface area contributed by atoms with Crippen LogP contribution in [-0.2, 0) is 6.54 Å². The zero-order chi connectivity index (χ0) is 14.4. The van der Waals surface area contributed by atoms with Gasteiger partial charge in [-0.3, -0.25) is 0 Å². The number of imidazole rings is 1. The number of carbonyl (C=O) groups is 1. The third-order valence-electron chi connectivity index (χ3n) is 2.92. The number of aromatic nitrogens is 2. The Kier molecular flexibility index (Phi) is 5.82. The highest BCUT2D eigenvalue weighted by Gasteiger charge is 2.12. The van der Waals surface area contributed by atoms with Gasteiger partial charge in [0.05, 0.1) is 6.10 Å². The molecule has 2 unspecified atom stereocenters. The molecular formula is C13H24N4O2. The molecule has 0 saturated heterocycles. The number of rotatable bonds is 6. The summed E-state index contributed by atoms with van der Waals surface area (Å²) in [6.07, 6.45) is 3.20. The van der Waals surface area contributed by atoms with E-state index in [1.807, 2.05) is 13.1 Å². The number of nitrogens with one attached hydrogen (secondary N) is 1. The second kappa shape index (κ2) is 7.13. The van der Waals surface area contributed by atoms with Crippen molar-refractivity contribution in [2.24, 2.45) is 5.92 Å². The van der Waals surface area contributed by atoms with Crippen molar-refractivity contribution in [1.29, 1.82) is 0 Å². The van der Waals surface area contributed by atoms with Crippen LogP contribution in [0.2, 0.25) is 0 Å². The summed E-state index contributed by atoms with van der Waals surface area (Å²) in [5, 5.41) is 12.1. The molecule has 0 spiro atoms. The second-order valence-electron chi connectivity index (χ2n) is 5.15. The van der Waals surface area contributed by atoms with Crippen LogP contribution in [0.25, 0.3) is 0 Å². The van der Waals surface area contributed by atoms with Gasteiger partial charge in [-0.25, -0.2) is 9.78 Å². The van der Waals surface area contributed by atoms with Gasteiger partial charge in [0.2, 0.25) is 0 Å². The summed E-state index contributed by atoms with van der Waals surface area (Å²) in [4.78, 5) is 17.4. The molecule has 0 radical (unpaired) electrons. The van der Waals surface area contributed by atoms with Gasteiger partial charge < -0.3 is 19.9 Å². The van der Waals surface area contributed by atoms with Gasteiger partial charge in [-0.15, -0.1) is 0 Å². The molecule has 0 aliphatic carbocycles. The maximum absolute atomic E-state index is 11.7. The predicted octanol–water partition coefficient (Wildman–Crippen LogP) is 0.850. The molecule has 0 saturated carbocycles. The van der Waals surface area contributed by atoms with Crippen molar-refractivity contribution < 1.29 is 9.90 Å². The fourth-order valence-corrected chi connectivity index (χ4v) is 1.87. The Bertz CT molecular complexity index is 403. The minimum absolute atomic E-state index is 0.157. The summed E-state index contributed by atoms with van der Waals surface area (Å²) in [5.41, 5.74) is 0. The highest BCUT2D eigenvalue weighted by Crippen LogP contribution is 2.03. The number of carbonyl (C=O) groups excluding carboxylic acids is 1. The number of aliphatic hydroxyl groups is 1. The Morgan fingerprint density at radius 3 is 2.79 bits per heavy atom. The number of urea groups is 1. The molecule has 2 atom stereocenters. The van der Waals surface area contributed by atoms with Crippen LogP contribution in [0.15, 0.2) is 12.4 Å². The van der Waals surface area contributed by atoms with Crippen molar-refractivity contribution in [1.82, 2.24) is 19.8 Å². The van der Waals surface area contributed by atoms with Crippen molar-refractivity contribution >= 4 is 6.03 Å². The Hall–Kier alpha value is -1.56. The largest absolute Gasteiger partial charge is 0.392 e. The molecule has 6 nitrogen and oxygen atoms in total. The Morgan fingerprint density at radius 1 is 1.58 bits per heavy atom. The van der Waals surface area contributed by atoms with Crippen molar-refractivity contribution in [3.05, 3.63) is 18.2 Å². The van der Waals surface area contributed by atoms with Gasteiger partial charge >= 0.3 is 6.03 Å². The summed E-state index contributed by atoms with van der Waals surface area (Å²) < 4.78 is 2.07. The highest BCUT2D eigenvalue weighted by atomic mass is 16.3. The fraction of sp³-hybridized carbons (Fsp3) is 0.692. The molecule has 0 bridgehead atoms. The lowest BCUT2D eigenvalue weighted by Gasteiger charge is -2.21. The van der Waals surface area contributed by atoms with Crippen molar-refractivity contribution in [2.75, 3.05) is 20.1 Å². The van der Waals surface area contributed by atoms with E-state index >= 15 is 0 Å². The van der Waals surface area contributed by atoms with Crippen LogP contribution in [0.3, 0.4) is 0 Å². The van der Waals surface area contributed by atoms with Gasteiger partial charge in [0.25, 0.3) is 0 Å². The zero-order valence-electron chi connectivity index (χ0n) is 12.1. The summed E-state index contributed by atoms with van der Waals surface area (Å²) >= 11 is 0. The molecule has 0 aliphatic rings. The van der Waals surface area contributed by atoms with Crippen LogP contribution in [0.1, 0.15) is 19.7 Å². The lowest BCUT2D eigenvalue weighted by Crippen LogP contribution is -2.42. The Morgan fingerprint density at radius 2 is 2.26 bits per heavy atom. The summed E-state index contributed by atoms with van der Waals surface area (Å²) in [6, 6.07) is -0.157. The molecular weight excluding hydrogens is 244 g/mol. The summed E-state index contributed by atoms with van der Waals surface area (Å²) in [5.74, 6) is 1.29. The maximum atomic E-state index is 11.7. The van der Waals surface area contributed by atoms with Gasteiger partial charge in [0.15, 0.2) is 0 Å². The zero-order valence-corrected chi connectivity index (χ0v) is 12.1. The number of hydrogen-bond acceptors (Lipinski definition) is 3. The van der Waals surface area contributed by atoms with Gasteiger partial charge in [-0.1, -0.05) is 6.92 Å². The second-order valence-corrected chi connectivity index (χ2v) is 5.15. The summed E-state index contributed by atoms with van der Waals surface area (Å²) in [7, 11) is 1.67. The topological polar surface area (TPSA) is 70.4 Å². The van der Waals surface area contributed by atoms with E-state index in [1.54, 1.807) is 20.2 Å². The molecule has 0 fully saturated rings. The molecule has 1 heterocycles. The van der Waals surface area contributed by atoms with Gasteiger partial charge in [-0.05, 0) is 19.8 Å². The monoisotopic (exact) mass is 268 g/mol. The van der Waals surface area contributed by atoms with Crippen molar-refractivity contribution in [2.45, 2.75) is 33.4 Å². The van der Waals surface area contributed by atoms with E-state index in [0.717, 1.165) is 12.4 Å². The lowest BCUT2D eigenvalue weighted by atomic mass is 10.2. The molecule has 1 aromatic rings. The first-order valence-electron chi connectivity index (χ1n) is 6.55. The number of aliphatic hydroxyl groups excluding tert-OH is 1. The molecule has 2 amide bonds. The van der Waals surface area contributed by atoms with Crippen LogP contribution in [0.4, 0.5) is 4.79 Å². The first kappa shape index (κ1) is 15.5. The molecule has 19 heavy (non-hydrogen) atoms. The van der Waals surface area contributed by atoms with E-state index in [2.05, 4.69) is 21.8 Å². The van der Waals surface area contributed by atoms with E-state index in [0.29, 0.717) is 19.0 Å². The Balaban J connectivity index is 2.32. The SMILES string of the molecule is Cc1nccn1CC(C)CNC(=O)N(C)CC(C)O. The number of hydrogen-bond donors (Lipinski definition) is 2. The molecule has 0 aliphatic heterocycles. The molecule has 0 aromatic carbocycles. The first-order valence-corrected chi connectivity index (χ1v) is 6.55. The average molecular weight is 268 g/mol. The Labute approximate surface area is 114 Å². The predicted molar refractivity (Wildman–Crippen MR) is 73.8 cm³/mol. The van der Waals surface area contributed by atoms with Crippen LogP contribution >= 0.6 is 0 Å². The third kappa shape index (κ3) is 5.30. The van der Waals surface area contributed by atoms with Gasteiger partial charge in [-0.2, -0.15) is 0 Å². The van der Waals surface area contributed by atoms with Crippen LogP contribution < -0.4 is 5.32 Å². The fourth-order valence-electron chi connectivity index (χ4n) is 1.87. The van der Waals surface area contributed by atoms with Crippen LogP contribution in [0, 0.1) is 12.8 Å². The summed E-state index contributed by atoms with van der Waals surface area (Å²) in [6.45, 7) is 7.46. The van der Waals surface area contributed by atoms with E-state index in [4.69, 9.17) is 0 Å². The normalized spacial score (nSPS) is 13.9. The molecule has 1 rings (SSSR count). The number of amides is 2. The van der Waals surface area contributed by atoms with Crippen molar-refractivity contribution in [3.63, 3.8) is 0 Å². The van der Waals surface area contributed by atoms with Crippen LogP contribution in [0.5, 0.6) is 0 Å². The standard InChI is InChI=1S/C13H24N4O2/c1-10(8-17-6-5-14-12(17)3)7-15-13(19)16(4)9-11(2)18/h5-6,10-11,18H,7-9H2,1-4H3,(H,15,19). The van der Waals surface area contributed by atoms with E-state index in [9.17, 15) is 9.90 Å². The van der Waals surface area contributed by atoms with Gasteiger partial charge in [0.1, 0.15) is 5.82 Å². The van der Waals surface area contributed by atoms with Crippen LogP contribution in [-0.4, -0.2) is 51.8 Å². The minimum Gasteiger partial charge on any atom is -0.392 e. The highest BCUT2D eigenvalue weighted by molar-refractivity contribution is 5.73. The smallest absolute Gasteiger partial charge is 0.317 e. The van der Waals surface area contributed by atoms with Gasteiger partial charge in [0, 0.05) is 39.1 Å². The van der Waals surface area contributed by atoms with E-state index < -0.39 is 6.10 Å². The maximum Gasteiger partial charge on any atom is 0.317 e. The number of likely N-dealkylation sites (N-methyl/N-ethyl adjacent to an activating group) is 1. The lowest BCUT2D eigenvalue weighted by molar-refractivity contribution is 0.143. The third-order valence-corrected chi connectivity index (χ3v) is 2.92. The molecule has 1 aromatic heterocycles. The van der Waals surface area contributed by atoms with Crippen molar-refractivity contribution in [3.8, 4) is 0 Å². The number of aryl methyl sites for hydroxylation is 1. The number of nitrogens with zero attached hydrogens (tertiary/aromatic N) is 3.